The fourth-order valence-electron chi connectivity index (χ4n) is 2.63. The number of urea groups is 1. The normalized spacial score (nSPS) is 12.8. The second-order valence-electron chi connectivity index (χ2n) is 6.79. The molecule has 1 fully saturated rings. The van der Waals surface area contributed by atoms with Crippen molar-refractivity contribution in [3.8, 4) is 0 Å². The Bertz CT molecular complexity index is 860. The van der Waals surface area contributed by atoms with Gasteiger partial charge < -0.3 is 21.3 Å². The molecule has 0 saturated heterocycles. The van der Waals surface area contributed by atoms with E-state index < -0.39 is 0 Å². The van der Waals surface area contributed by atoms with E-state index in [1.807, 2.05) is 31.2 Å². The molecule has 28 heavy (non-hydrogen) atoms. The summed E-state index contributed by atoms with van der Waals surface area (Å²) in [5.74, 6) is -0.0630. The molecular formula is C21H24N4O3. The van der Waals surface area contributed by atoms with Gasteiger partial charge in [-0.1, -0.05) is 18.2 Å². The van der Waals surface area contributed by atoms with Crippen LogP contribution < -0.4 is 21.3 Å². The number of aryl methyl sites for hydroxylation is 1. The van der Waals surface area contributed by atoms with E-state index in [0.717, 1.165) is 24.1 Å². The van der Waals surface area contributed by atoms with Gasteiger partial charge in [0, 0.05) is 35.9 Å². The van der Waals surface area contributed by atoms with Gasteiger partial charge in [0.05, 0.1) is 0 Å². The van der Waals surface area contributed by atoms with Crippen molar-refractivity contribution in [1.82, 2.24) is 10.6 Å². The van der Waals surface area contributed by atoms with E-state index in [1.54, 1.807) is 24.3 Å². The zero-order chi connectivity index (χ0) is 19.9. The predicted molar refractivity (Wildman–Crippen MR) is 108 cm³/mol. The Hall–Kier alpha value is -3.35. The van der Waals surface area contributed by atoms with Gasteiger partial charge in [-0.05, 0) is 55.7 Å². The highest BCUT2D eigenvalue weighted by Crippen LogP contribution is 2.30. The third-order valence-electron chi connectivity index (χ3n) is 4.45. The molecule has 0 atom stereocenters. The van der Waals surface area contributed by atoms with Gasteiger partial charge in [-0.25, -0.2) is 4.79 Å². The molecule has 7 nitrogen and oxygen atoms in total. The van der Waals surface area contributed by atoms with Crippen molar-refractivity contribution in [3.63, 3.8) is 0 Å². The lowest BCUT2D eigenvalue weighted by Gasteiger charge is -2.10. The van der Waals surface area contributed by atoms with Crippen LogP contribution in [-0.4, -0.2) is 30.9 Å². The molecule has 2 aromatic rings. The van der Waals surface area contributed by atoms with Crippen molar-refractivity contribution in [2.75, 3.05) is 23.7 Å². The van der Waals surface area contributed by atoms with Gasteiger partial charge in [0.25, 0.3) is 5.91 Å². The predicted octanol–water partition coefficient (Wildman–Crippen LogP) is 2.90. The Balaban J connectivity index is 1.37. The number of rotatable bonds is 7. The van der Waals surface area contributed by atoms with Crippen LogP contribution in [-0.2, 0) is 4.79 Å². The standard InChI is InChI=1S/C21H24N4O3/c1-14-4-2-3-5-18(14)25-21(28)23-13-12-22-19(26)15-8-10-17(11-9-15)24-20(27)16-6-7-16/h2-5,8-11,16H,6-7,12-13H2,1H3,(H,22,26)(H,24,27)(H2,23,25,28). The number of hydrogen-bond acceptors (Lipinski definition) is 3. The number of para-hydroxylation sites is 1. The minimum absolute atomic E-state index is 0.0345. The summed E-state index contributed by atoms with van der Waals surface area (Å²) >= 11 is 0. The molecule has 1 aliphatic rings. The molecule has 3 rings (SSSR count). The first-order chi connectivity index (χ1) is 13.5. The number of benzene rings is 2. The summed E-state index contributed by atoms with van der Waals surface area (Å²) in [4.78, 5) is 35.8. The molecule has 0 unspecified atom stereocenters. The summed E-state index contributed by atoms with van der Waals surface area (Å²) in [6.45, 7) is 2.53. The second-order valence-corrected chi connectivity index (χ2v) is 6.79. The first-order valence-corrected chi connectivity index (χ1v) is 9.32. The molecule has 0 radical (unpaired) electrons. The zero-order valence-electron chi connectivity index (χ0n) is 15.7. The molecule has 2 aromatic carbocycles. The maximum absolute atomic E-state index is 12.1. The third-order valence-corrected chi connectivity index (χ3v) is 4.45. The van der Waals surface area contributed by atoms with E-state index in [1.165, 1.54) is 0 Å². The van der Waals surface area contributed by atoms with Crippen molar-refractivity contribution in [1.29, 1.82) is 0 Å². The molecule has 0 aliphatic heterocycles. The van der Waals surface area contributed by atoms with Gasteiger partial charge >= 0.3 is 6.03 Å². The summed E-state index contributed by atoms with van der Waals surface area (Å²) < 4.78 is 0. The average molecular weight is 380 g/mol. The Morgan fingerprint density at radius 2 is 1.57 bits per heavy atom. The van der Waals surface area contributed by atoms with Crippen LogP contribution in [0.2, 0.25) is 0 Å². The fraction of sp³-hybridized carbons (Fsp3) is 0.286. The maximum atomic E-state index is 12.1. The van der Waals surface area contributed by atoms with Crippen LogP contribution in [0.4, 0.5) is 16.2 Å². The molecular weight excluding hydrogens is 356 g/mol. The van der Waals surface area contributed by atoms with Crippen molar-refractivity contribution in [2.45, 2.75) is 19.8 Å². The van der Waals surface area contributed by atoms with Crippen LogP contribution in [0.15, 0.2) is 48.5 Å². The molecule has 0 spiro atoms. The molecule has 0 heterocycles. The fourth-order valence-corrected chi connectivity index (χ4v) is 2.63. The SMILES string of the molecule is Cc1ccccc1NC(=O)NCCNC(=O)c1ccc(NC(=O)C2CC2)cc1. The van der Waals surface area contributed by atoms with Crippen molar-refractivity contribution >= 4 is 29.2 Å². The Morgan fingerprint density at radius 3 is 2.25 bits per heavy atom. The van der Waals surface area contributed by atoms with Gasteiger partial charge in [0.2, 0.25) is 5.91 Å². The van der Waals surface area contributed by atoms with Gasteiger partial charge in [0.15, 0.2) is 0 Å². The molecule has 146 valence electrons. The first kappa shape index (κ1) is 19.4. The van der Waals surface area contributed by atoms with E-state index in [2.05, 4.69) is 21.3 Å². The second kappa shape index (κ2) is 9.03. The zero-order valence-corrected chi connectivity index (χ0v) is 15.7. The minimum atomic E-state index is -0.320. The number of amides is 4. The summed E-state index contributed by atoms with van der Waals surface area (Å²) in [6.07, 6.45) is 1.90. The Kier molecular flexibility index (Phi) is 6.26. The topological polar surface area (TPSA) is 99.3 Å². The highest BCUT2D eigenvalue weighted by Gasteiger charge is 2.29. The molecule has 0 bridgehead atoms. The van der Waals surface area contributed by atoms with Crippen molar-refractivity contribution in [3.05, 3.63) is 59.7 Å². The van der Waals surface area contributed by atoms with Gasteiger partial charge in [0.1, 0.15) is 0 Å². The number of carbonyl (C=O) groups is 3. The quantitative estimate of drug-likeness (QED) is 0.556. The molecule has 1 saturated carbocycles. The third kappa shape index (κ3) is 5.57. The lowest BCUT2D eigenvalue weighted by molar-refractivity contribution is -0.117. The summed E-state index contributed by atoms with van der Waals surface area (Å²) in [6, 6.07) is 13.9. The van der Waals surface area contributed by atoms with Crippen LogP contribution >= 0.6 is 0 Å². The smallest absolute Gasteiger partial charge is 0.319 e. The number of nitrogens with one attached hydrogen (secondary N) is 4. The molecule has 4 amide bonds. The van der Waals surface area contributed by atoms with E-state index in [0.29, 0.717) is 24.3 Å². The molecule has 7 heteroatoms. The monoisotopic (exact) mass is 380 g/mol. The largest absolute Gasteiger partial charge is 0.350 e. The molecule has 1 aliphatic carbocycles. The molecule has 4 N–H and O–H groups in total. The van der Waals surface area contributed by atoms with Crippen LogP contribution in [0.5, 0.6) is 0 Å². The Labute approximate surface area is 163 Å². The highest BCUT2D eigenvalue weighted by molar-refractivity contribution is 5.96. The number of hydrogen-bond donors (Lipinski definition) is 4. The van der Waals surface area contributed by atoms with Crippen molar-refractivity contribution in [2.24, 2.45) is 5.92 Å². The highest BCUT2D eigenvalue weighted by atomic mass is 16.2. The van der Waals surface area contributed by atoms with E-state index in [4.69, 9.17) is 0 Å². The summed E-state index contributed by atoms with van der Waals surface area (Å²) in [5, 5.41) is 11.0. The first-order valence-electron chi connectivity index (χ1n) is 9.32. The van der Waals surface area contributed by atoms with E-state index >= 15 is 0 Å². The van der Waals surface area contributed by atoms with Crippen LogP contribution in [0.25, 0.3) is 0 Å². The van der Waals surface area contributed by atoms with E-state index in [-0.39, 0.29) is 23.8 Å². The molecule has 0 aromatic heterocycles. The van der Waals surface area contributed by atoms with E-state index in [9.17, 15) is 14.4 Å². The van der Waals surface area contributed by atoms with Crippen LogP contribution in [0.1, 0.15) is 28.8 Å². The number of anilines is 2. The Morgan fingerprint density at radius 1 is 0.893 bits per heavy atom. The minimum Gasteiger partial charge on any atom is -0.350 e. The van der Waals surface area contributed by atoms with Crippen LogP contribution in [0, 0.1) is 12.8 Å². The van der Waals surface area contributed by atoms with Gasteiger partial charge in [-0.3, -0.25) is 9.59 Å². The van der Waals surface area contributed by atoms with Crippen molar-refractivity contribution < 1.29 is 14.4 Å². The lowest BCUT2D eigenvalue weighted by atomic mass is 10.2. The average Bonchev–Trinajstić information content (AvgIpc) is 3.53. The maximum Gasteiger partial charge on any atom is 0.319 e. The number of carbonyl (C=O) groups excluding carboxylic acids is 3. The van der Waals surface area contributed by atoms with Crippen LogP contribution in [0.3, 0.4) is 0 Å². The summed E-state index contributed by atoms with van der Waals surface area (Å²) in [7, 11) is 0. The summed E-state index contributed by atoms with van der Waals surface area (Å²) in [5.41, 5.74) is 2.90. The van der Waals surface area contributed by atoms with Gasteiger partial charge in [-0.2, -0.15) is 0 Å². The lowest BCUT2D eigenvalue weighted by Crippen LogP contribution is -2.36. The van der Waals surface area contributed by atoms with Gasteiger partial charge in [-0.15, -0.1) is 0 Å².